The quantitative estimate of drug-likeness (QED) is 0.606. The predicted molar refractivity (Wildman–Crippen MR) is 109 cm³/mol. The highest BCUT2D eigenvalue weighted by molar-refractivity contribution is 8.01. The number of aromatic nitrogens is 1. The number of carbonyl (C=O) groups excluding carboxylic acids is 1. The number of likely N-dealkylation sites (tertiary alicyclic amines) is 1. The van der Waals surface area contributed by atoms with Crippen LogP contribution in [0, 0.1) is 5.92 Å². The number of thioether (sulfide) groups is 1. The summed E-state index contributed by atoms with van der Waals surface area (Å²) in [7, 11) is 0. The van der Waals surface area contributed by atoms with Gasteiger partial charge in [0.15, 0.2) is 10.0 Å². The molecular formula is C19H29N3O3S2. The molecule has 1 unspecified atom stereocenters. The molecule has 1 aromatic heterocycles. The van der Waals surface area contributed by atoms with Crippen LogP contribution in [0.1, 0.15) is 62.4 Å². The van der Waals surface area contributed by atoms with Gasteiger partial charge in [0.1, 0.15) is 0 Å². The van der Waals surface area contributed by atoms with E-state index in [1.54, 1.807) is 5.38 Å². The smallest absolute Gasteiger partial charge is 0.355 e. The van der Waals surface area contributed by atoms with E-state index in [1.807, 2.05) is 4.90 Å². The topological polar surface area (TPSA) is 82.5 Å². The molecule has 1 saturated heterocycles. The fourth-order valence-electron chi connectivity index (χ4n) is 4.09. The second-order valence-electron chi connectivity index (χ2n) is 7.53. The molecule has 0 bridgehead atoms. The lowest BCUT2D eigenvalue weighted by Crippen LogP contribution is -2.45. The molecule has 8 heteroatoms. The maximum absolute atomic E-state index is 12.3. The SMILES string of the molecule is CC(NC[C@H]1CCC(=O)N1CCSc1nc(C(=O)O)cs1)C1CCCCC1. The molecule has 2 aliphatic rings. The Morgan fingerprint density at radius 2 is 2.19 bits per heavy atom. The number of rotatable bonds is 9. The van der Waals surface area contributed by atoms with Crippen LogP contribution >= 0.6 is 23.1 Å². The summed E-state index contributed by atoms with van der Waals surface area (Å²) in [5, 5.41) is 14.2. The summed E-state index contributed by atoms with van der Waals surface area (Å²) < 4.78 is 0.750. The van der Waals surface area contributed by atoms with Gasteiger partial charge in [0.05, 0.1) is 0 Å². The Morgan fingerprint density at radius 1 is 1.41 bits per heavy atom. The number of hydrogen-bond donors (Lipinski definition) is 2. The maximum atomic E-state index is 12.3. The number of carboxylic acid groups (broad SMARTS) is 1. The molecule has 2 N–H and O–H groups in total. The highest BCUT2D eigenvalue weighted by Gasteiger charge is 2.31. The first-order valence-electron chi connectivity index (χ1n) is 9.89. The lowest BCUT2D eigenvalue weighted by molar-refractivity contribution is -0.128. The van der Waals surface area contributed by atoms with E-state index in [1.165, 1.54) is 55.2 Å². The number of thiazole rings is 1. The Balaban J connectivity index is 1.43. The maximum Gasteiger partial charge on any atom is 0.355 e. The average Bonchev–Trinajstić information content (AvgIpc) is 3.28. The molecule has 1 aliphatic carbocycles. The van der Waals surface area contributed by atoms with Gasteiger partial charge in [-0.3, -0.25) is 4.79 Å². The van der Waals surface area contributed by atoms with Crippen LogP contribution in [-0.2, 0) is 4.79 Å². The summed E-state index contributed by atoms with van der Waals surface area (Å²) in [5.41, 5.74) is 0.0959. The van der Waals surface area contributed by atoms with Crippen LogP contribution in [0.25, 0.3) is 0 Å². The molecule has 3 rings (SSSR count). The molecule has 27 heavy (non-hydrogen) atoms. The molecular weight excluding hydrogens is 382 g/mol. The van der Waals surface area contributed by atoms with Gasteiger partial charge in [-0.15, -0.1) is 11.3 Å². The predicted octanol–water partition coefficient (Wildman–Crippen LogP) is 3.48. The minimum Gasteiger partial charge on any atom is -0.476 e. The molecule has 2 heterocycles. The zero-order valence-corrected chi connectivity index (χ0v) is 17.5. The molecule has 0 aromatic carbocycles. The zero-order valence-electron chi connectivity index (χ0n) is 15.9. The number of carboxylic acids is 1. The van der Waals surface area contributed by atoms with Crippen molar-refractivity contribution in [3.63, 3.8) is 0 Å². The number of aromatic carboxylic acids is 1. The molecule has 1 aliphatic heterocycles. The van der Waals surface area contributed by atoms with Crippen LogP contribution in [0.3, 0.4) is 0 Å². The molecule has 1 amide bonds. The first kappa shape index (κ1) is 20.6. The van der Waals surface area contributed by atoms with E-state index in [0.29, 0.717) is 19.0 Å². The monoisotopic (exact) mass is 411 g/mol. The van der Waals surface area contributed by atoms with Crippen molar-refractivity contribution in [2.75, 3.05) is 18.8 Å². The second kappa shape index (κ2) is 9.89. The van der Waals surface area contributed by atoms with E-state index in [-0.39, 0.29) is 17.6 Å². The molecule has 150 valence electrons. The minimum absolute atomic E-state index is 0.0959. The third kappa shape index (κ3) is 5.68. The second-order valence-corrected chi connectivity index (χ2v) is 9.73. The number of nitrogens with one attached hydrogen (secondary N) is 1. The van der Waals surface area contributed by atoms with Crippen LogP contribution in [0.4, 0.5) is 0 Å². The van der Waals surface area contributed by atoms with E-state index in [4.69, 9.17) is 5.11 Å². The molecule has 1 aromatic rings. The Morgan fingerprint density at radius 3 is 2.89 bits per heavy atom. The van der Waals surface area contributed by atoms with Crippen molar-refractivity contribution < 1.29 is 14.7 Å². The number of amides is 1. The highest BCUT2D eigenvalue weighted by atomic mass is 32.2. The summed E-state index contributed by atoms with van der Waals surface area (Å²) in [6.07, 6.45) is 8.28. The zero-order chi connectivity index (χ0) is 19.2. The van der Waals surface area contributed by atoms with Crippen molar-refractivity contribution in [3.8, 4) is 0 Å². The van der Waals surface area contributed by atoms with Crippen molar-refractivity contribution in [1.29, 1.82) is 0 Å². The average molecular weight is 412 g/mol. The number of hydrogen-bond acceptors (Lipinski definition) is 6. The first-order chi connectivity index (χ1) is 13.0. The van der Waals surface area contributed by atoms with Gasteiger partial charge in [-0.2, -0.15) is 0 Å². The molecule has 6 nitrogen and oxygen atoms in total. The van der Waals surface area contributed by atoms with E-state index in [9.17, 15) is 9.59 Å². The van der Waals surface area contributed by atoms with Gasteiger partial charge < -0.3 is 15.3 Å². The van der Waals surface area contributed by atoms with E-state index >= 15 is 0 Å². The van der Waals surface area contributed by atoms with Crippen LogP contribution < -0.4 is 5.32 Å². The van der Waals surface area contributed by atoms with Gasteiger partial charge in [0.2, 0.25) is 5.91 Å². The van der Waals surface area contributed by atoms with Crippen LogP contribution in [0.2, 0.25) is 0 Å². The summed E-state index contributed by atoms with van der Waals surface area (Å²) in [4.78, 5) is 29.3. The minimum atomic E-state index is -0.994. The molecule has 0 spiro atoms. The Bertz CT molecular complexity index is 646. The summed E-state index contributed by atoms with van der Waals surface area (Å²) in [6.45, 7) is 3.85. The lowest BCUT2D eigenvalue weighted by atomic mass is 9.84. The Kier molecular flexibility index (Phi) is 7.55. The summed E-state index contributed by atoms with van der Waals surface area (Å²) in [6, 6.07) is 0.789. The normalized spacial score (nSPS) is 22.3. The first-order valence-corrected chi connectivity index (χ1v) is 11.8. The van der Waals surface area contributed by atoms with Gasteiger partial charge in [-0.25, -0.2) is 9.78 Å². The Hall–Kier alpha value is -1.12. The van der Waals surface area contributed by atoms with Crippen molar-refractivity contribution >= 4 is 35.0 Å². The van der Waals surface area contributed by atoms with Crippen molar-refractivity contribution in [2.45, 2.75) is 68.3 Å². The van der Waals surface area contributed by atoms with Crippen LogP contribution in [0.15, 0.2) is 9.72 Å². The van der Waals surface area contributed by atoms with Gasteiger partial charge in [0, 0.05) is 42.7 Å². The van der Waals surface area contributed by atoms with Crippen LogP contribution in [0.5, 0.6) is 0 Å². The van der Waals surface area contributed by atoms with Crippen LogP contribution in [-0.4, -0.2) is 57.8 Å². The van der Waals surface area contributed by atoms with Gasteiger partial charge in [0.25, 0.3) is 0 Å². The van der Waals surface area contributed by atoms with E-state index < -0.39 is 5.97 Å². The number of carbonyl (C=O) groups is 2. The standard InChI is InChI=1S/C19H29N3O3S2/c1-13(14-5-3-2-4-6-14)20-11-15-7-8-17(23)22(15)9-10-26-19-21-16(12-27-19)18(24)25/h12-15,20H,2-11H2,1H3,(H,24,25)/t13?,15-/m1/s1. The van der Waals surface area contributed by atoms with E-state index in [0.717, 1.165) is 29.0 Å². The molecule has 0 radical (unpaired) electrons. The van der Waals surface area contributed by atoms with E-state index in [2.05, 4.69) is 17.2 Å². The lowest BCUT2D eigenvalue weighted by Gasteiger charge is -2.31. The van der Waals surface area contributed by atoms with Crippen molar-refractivity contribution in [3.05, 3.63) is 11.1 Å². The molecule has 2 atom stereocenters. The molecule has 1 saturated carbocycles. The summed E-state index contributed by atoms with van der Waals surface area (Å²) >= 11 is 2.87. The highest BCUT2D eigenvalue weighted by Crippen LogP contribution is 2.27. The van der Waals surface area contributed by atoms with Gasteiger partial charge >= 0.3 is 5.97 Å². The van der Waals surface area contributed by atoms with Gasteiger partial charge in [-0.05, 0) is 32.1 Å². The fourth-order valence-corrected chi connectivity index (χ4v) is 5.90. The molecule has 2 fully saturated rings. The largest absolute Gasteiger partial charge is 0.476 e. The fraction of sp³-hybridized carbons (Fsp3) is 0.737. The van der Waals surface area contributed by atoms with Gasteiger partial charge in [-0.1, -0.05) is 31.0 Å². The third-order valence-electron chi connectivity index (χ3n) is 5.74. The van der Waals surface area contributed by atoms with Crippen molar-refractivity contribution in [1.82, 2.24) is 15.2 Å². The Labute approximate surface area is 169 Å². The third-order valence-corrected chi connectivity index (χ3v) is 7.75. The number of nitrogens with zero attached hydrogens (tertiary/aromatic N) is 2. The summed E-state index contributed by atoms with van der Waals surface area (Å²) in [5.74, 6) is 0.754. The van der Waals surface area contributed by atoms with Crippen molar-refractivity contribution in [2.24, 2.45) is 5.92 Å².